The van der Waals surface area contributed by atoms with Gasteiger partial charge in [-0.05, 0) is 43.2 Å². The molecule has 2 aromatic carbocycles. The van der Waals surface area contributed by atoms with Gasteiger partial charge in [-0.25, -0.2) is 8.42 Å². The van der Waals surface area contributed by atoms with Crippen LogP contribution in [0.1, 0.15) is 19.3 Å². The minimum atomic E-state index is -4.00. The third-order valence-corrected chi connectivity index (χ3v) is 8.00. The van der Waals surface area contributed by atoms with E-state index < -0.39 is 21.3 Å². The molecule has 2 aromatic rings. The first-order valence-corrected chi connectivity index (χ1v) is 12.4. The van der Waals surface area contributed by atoms with E-state index in [4.69, 9.17) is 43.1 Å². The molecule has 1 aliphatic rings. The maximum absolute atomic E-state index is 13.6. The van der Waals surface area contributed by atoms with Gasteiger partial charge in [-0.1, -0.05) is 23.2 Å². The third kappa shape index (κ3) is 5.84. The van der Waals surface area contributed by atoms with Gasteiger partial charge in [0, 0.05) is 36.0 Å². The molecule has 11 heteroatoms. The number of nitrogens with two attached hydrogens (primary N) is 1. The third-order valence-electron chi connectivity index (χ3n) is 5.59. The minimum absolute atomic E-state index is 0.0207. The first kappa shape index (κ1) is 25.4. The normalized spacial score (nSPS) is 19.2. The Balaban J connectivity index is 1.91. The molecule has 33 heavy (non-hydrogen) atoms. The molecule has 0 unspecified atom stereocenters. The van der Waals surface area contributed by atoms with Gasteiger partial charge in [-0.3, -0.25) is 4.79 Å². The summed E-state index contributed by atoms with van der Waals surface area (Å²) in [6.07, 6.45) is 1.09. The van der Waals surface area contributed by atoms with E-state index in [1.807, 2.05) is 0 Å². The highest BCUT2D eigenvalue weighted by molar-refractivity contribution is 7.89. The van der Waals surface area contributed by atoms with Crippen molar-refractivity contribution >= 4 is 39.1 Å². The molecule has 1 heterocycles. The summed E-state index contributed by atoms with van der Waals surface area (Å²) in [5.74, 6) is 0.441. The standard InChI is InChI=1S/C22H26Cl2N2O6S/c1-30-18-11-19(31-2)20(10-17(18)24)33(28,29)26-9-3-8-22(13-26,12-21(25)27)14-32-16-6-4-15(23)5-7-16/h4-7,10-11H,3,8-9,12-14H2,1-2H3,(H2,25,27)/t22-/m0/s1. The summed E-state index contributed by atoms with van der Waals surface area (Å²) in [5.41, 5.74) is 4.74. The second-order valence-electron chi connectivity index (χ2n) is 7.97. The van der Waals surface area contributed by atoms with Gasteiger partial charge in [0.25, 0.3) is 0 Å². The number of carbonyl (C=O) groups is 1. The van der Waals surface area contributed by atoms with E-state index in [2.05, 4.69) is 0 Å². The molecular formula is C22H26Cl2N2O6S. The maximum Gasteiger partial charge on any atom is 0.246 e. The predicted molar refractivity (Wildman–Crippen MR) is 126 cm³/mol. The zero-order valence-corrected chi connectivity index (χ0v) is 20.7. The number of halogens is 2. The summed E-state index contributed by atoms with van der Waals surface area (Å²) >= 11 is 12.1. The van der Waals surface area contributed by atoms with Crippen molar-refractivity contribution in [2.75, 3.05) is 33.9 Å². The molecule has 2 N–H and O–H groups in total. The maximum atomic E-state index is 13.6. The van der Waals surface area contributed by atoms with Crippen molar-refractivity contribution in [1.29, 1.82) is 0 Å². The SMILES string of the molecule is COc1cc(OC)c(S(=O)(=O)N2CCC[C@](COc3ccc(Cl)cc3)(CC(N)=O)C2)cc1Cl. The number of hydrogen-bond donors (Lipinski definition) is 1. The number of primary amides is 1. The Morgan fingerprint density at radius 2 is 1.79 bits per heavy atom. The topological polar surface area (TPSA) is 108 Å². The zero-order valence-electron chi connectivity index (χ0n) is 18.3. The molecule has 0 saturated carbocycles. The fourth-order valence-electron chi connectivity index (χ4n) is 3.99. The highest BCUT2D eigenvalue weighted by Gasteiger charge is 2.43. The largest absolute Gasteiger partial charge is 0.495 e. The second-order valence-corrected chi connectivity index (χ2v) is 10.7. The van der Waals surface area contributed by atoms with E-state index in [1.54, 1.807) is 24.3 Å². The monoisotopic (exact) mass is 516 g/mol. The van der Waals surface area contributed by atoms with Gasteiger partial charge in [0.05, 0.1) is 25.8 Å². The van der Waals surface area contributed by atoms with Gasteiger partial charge in [0.1, 0.15) is 22.1 Å². The Morgan fingerprint density at radius 3 is 2.39 bits per heavy atom. The lowest BCUT2D eigenvalue weighted by Crippen LogP contribution is -2.50. The van der Waals surface area contributed by atoms with E-state index in [0.717, 1.165) is 0 Å². The number of methoxy groups -OCH3 is 2. The van der Waals surface area contributed by atoms with Crippen molar-refractivity contribution in [3.8, 4) is 17.2 Å². The number of rotatable bonds is 9. The molecule has 0 radical (unpaired) electrons. The number of benzene rings is 2. The number of hydrogen-bond acceptors (Lipinski definition) is 6. The van der Waals surface area contributed by atoms with Gasteiger partial charge in [-0.15, -0.1) is 0 Å². The smallest absolute Gasteiger partial charge is 0.246 e. The van der Waals surface area contributed by atoms with E-state index in [1.165, 1.54) is 30.7 Å². The first-order chi connectivity index (χ1) is 15.6. The number of piperidine rings is 1. The summed E-state index contributed by atoms with van der Waals surface area (Å²) in [7, 11) is -1.21. The Hall–Kier alpha value is -2.20. The van der Waals surface area contributed by atoms with Crippen LogP contribution in [0.2, 0.25) is 10.0 Å². The summed E-state index contributed by atoms with van der Waals surface area (Å²) in [6.45, 7) is 0.444. The molecule has 3 rings (SSSR count). The van der Waals surface area contributed by atoms with Crippen LogP contribution in [0.15, 0.2) is 41.3 Å². The van der Waals surface area contributed by atoms with E-state index >= 15 is 0 Å². The number of carbonyl (C=O) groups excluding carboxylic acids is 1. The molecule has 1 aliphatic heterocycles. The van der Waals surface area contributed by atoms with Crippen molar-refractivity contribution in [1.82, 2.24) is 4.31 Å². The molecule has 1 saturated heterocycles. The van der Waals surface area contributed by atoms with Crippen molar-refractivity contribution in [3.05, 3.63) is 46.4 Å². The second kappa shape index (κ2) is 10.4. The van der Waals surface area contributed by atoms with Crippen molar-refractivity contribution in [3.63, 3.8) is 0 Å². The highest BCUT2D eigenvalue weighted by atomic mass is 35.5. The van der Waals surface area contributed by atoms with Gasteiger partial charge >= 0.3 is 0 Å². The molecule has 0 spiro atoms. The summed E-state index contributed by atoms with van der Waals surface area (Å²) in [4.78, 5) is 11.8. The van der Waals surface area contributed by atoms with Crippen molar-refractivity contribution in [2.45, 2.75) is 24.2 Å². The van der Waals surface area contributed by atoms with Crippen LogP contribution in [0.5, 0.6) is 17.2 Å². The molecular weight excluding hydrogens is 491 g/mol. The van der Waals surface area contributed by atoms with Crippen LogP contribution in [-0.2, 0) is 14.8 Å². The zero-order chi connectivity index (χ0) is 24.2. The summed E-state index contributed by atoms with van der Waals surface area (Å²) in [5, 5.41) is 0.708. The fourth-order valence-corrected chi connectivity index (χ4v) is 6.18. The summed E-state index contributed by atoms with van der Waals surface area (Å²) in [6, 6.07) is 9.54. The van der Waals surface area contributed by atoms with Gasteiger partial charge in [-0.2, -0.15) is 4.31 Å². The van der Waals surface area contributed by atoms with Crippen molar-refractivity contribution < 1.29 is 27.4 Å². The predicted octanol–water partition coefficient (Wildman–Crippen LogP) is 3.74. The van der Waals surface area contributed by atoms with Crippen LogP contribution in [0.3, 0.4) is 0 Å². The van der Waals surface area contributed by atoms with Crippen LogP contribution in [0, 0.1) is 5.41 Å². The molecule has 1 atom stereocenters. The Bertz CT molecular complexity index is 1110. The molecule has 0 bridgehead atoms. The van der Waals surface area contributed by atoms with Gasteiger partial charge < -0.3 is 19.9 Å². The lowest BCUT2D eigenvalue weighted by Gasteiger charge is -2.41. The summed E-state index contributed by atoms with van der Waals surface area (Å²) < 4.78 is 44.9. The Kier molecular flexibility index (Phi) is 8.00. The average molecular weight is 517 g/mol. The Morgan fingerprint density at radius 1 is 1.12 bits per heavy atom. The van der Waals surface area contributed by atoms with Crippen LogP contribution in [0.25, 0.3) is 0 Å². The van der Waals surface area contributed by atoms with E-state index in [9.17, 15) is 13.2 Å². The highest BCUT2D eigenvalue weighted by Crippen LogP contribution is 2.40. The number of amides is 1. The molecule has 1 fully saturated rings. The minimum Gasteiger partial charge on any atom is -0.495 e. The number of nitrogens with zero attached hydrogens (tertiary/aromatic N) is 1. The molecule has 180 valence electrons. The lowest BCUT2D eigenvalue weighted by molar-refractivity contribution is -0.121. The molecule has 0 aromatic heterocycles. The van der Waals surface area contributed by atoms with Gasteiger partial charge in [0.2, 0.25) is 15.9 Å². The molecule has 0 aliphatic carbocycles. The first-order valence-electron chi connectivity index (χ1n) is 10.2. The van der Waals surface area contributed by atoms with Crippen LogP contribution in [0.4, 0.5) is 0 Å². The van der Waals surface area contributed by atoms with Crippen LogP contribution in [-0.4, -0.2) is 52.5 Å². The van der Waals surface area contributed by atoms with Gasteiger partial charge in [0.15, 0.2) is 0 Å². The van der Waals surface area contributed by atoms with Crippen LogP contribution >= 0.6 is 23.2 Å². The number of sulfonamides is 1. The molecule has 8 nitrogen and oxygen atoms in total. The van der Waals surface area contributed by atoms with Crippen molar-refractivity contribution in [2.24, 2.45) is 11.1 Å². The quantitative estimate of drug-likeness (QED) is 0.543. The fraction of sp³-hybridized carbons (Fsp3) is 0.409. The van der Waals surface area contributed by atoms with E-state index in [-0.39, 0.29) is 41.8 Å². The Labute approximate surface area is 203 Å². The van der Waals surface area contributed by atoms with E-state index in [0.29, 0.717) is 29.4 Å². The number of ether oxygens (including phenoxy) is 3. The lowest BCUT2D eigenvalue weighted by atomic mass is 9.78. The average Bonchev–Trinajstić information content (AvgIpc) is 2.78. The van der Waals surface area contributed by atoms with Crippen LogP contribution < -0.4 is 19.9 Å². The molecule has 1 amide bonds.